The quantitative estimate of drug-likeness (QED) is 0.717. The summed E-state index contributed by atoms with van der Waals surface area (Å²) in [5.41, 5.74) is 4.45. The van der Waals surface area contributed by atoms with Crippen LogP contribution in [-0.2, 0) is 6.54 Å². The minimum absolute atomic E-state index is 0.751. The molecule has 2 aromatic heterocycles. The predicted octanol–water partition coefficient (Wildman–Crippen LogP) is 4.15. The third-order valence-corrected chi connectivity index (χ3v) is 3.75. The number of rotatable bonds is 5. The van der Waals surface area contributed by atoms with Crippen molar-refractivity contribution in [2.75, 3.05) is 6.54 Å². The van der Waals surface area contributed by atoms with Gasteiger partial charge in [0, 0.05) is 29.5 Å². The molecule has 21 heavy (non-hydrogen) atoms. The van der Waals surface area contributed by atoms with Gasteiger partial charge >= 0.3 is 0 Å². The molecule has 1 aromatic carbocycles. The van der Waals surface area contributed by atoms with E-state index >= 15 is 0 Å². The van der Waals surface area contributed by atoms with Gasteiger partial charge in [0.15, 0.2) is 0 Å². The van der Waals surface area contributed by atoms with Crippen molar-refractivity contribution in [3.05, 3.63) is 59.4 Å². The molecule has 0 radical (unpaired) electrons. The topological polar surface area (TPSA) is 29.3 Å². The Kier molecular flexibility index (Phi) is 4.23. The number of hydrogen-bond donors (Lipinski definition) is 1. The van der Waals surface area contributed by atoms with Crippen LogP contribution in [-0.4, -0.2) is 15.9 Å². The van der Waals surface area contributed by atoms with Gasteiger partial charge in [0.05, 0.1) is 5.69 Å². The van der Waals surface area contributed by atoms with Gasteiger partial charge in [-0.15, -0.1) is 0 Å². The van der Waals surface area contributed by atoms with Crippen LogP contribution in [0, 0.1) is 0 Å². The van der Waals surface area contributed by atoms with Gasteiger partial charge < -0.3 is 5.32 Å². The number of halogens is 1. The normalized spacial score (nSPS) is 11.1. The Morgan fingerprint density at radius 2 is 2.14 bits per heavy atom. The van der Waals surface area contributed by atoms with Gasteiger partial charge in [0.1, 0.15) is 5.65 Å². The second-order valence-corrected chi connectivity index (χ2v) is 5.48. The predicted molar refractivity (Wildman–Crippen MR) is 87.6 cm³/mol. The zero-order chi connectivity index (χ0) is 14.7. The number of hydrogen-bond acceptors (Lipinski definition) is 2. The fourth-order valence-electron chi connectivity index (χ4n) is 2.51. The van der Waals surface area contributed by atoms with Crippen LogP contribution in [0.25, 0.3) is 16.9 Å². The average molecular weight is 300 g/mol. The minimum Gasteiger partial charge on any atom is -0.313 e. The van der Waals surface area contributed by atoms with Gasteiger partial charge in [-0.1, -0.05) is 30.7 Å². The third-order valence-electron chi connectivity index (χ3n) is 3.52. The van der Waals surface area contributed by atoms with E-state index in [1.54, 1.807) is 0 Å². The summed E-state index contributed by atoms with van der Waals surface area (Å²) in [6.45, 7) is 4.02. The molecule has 0 aliphatic carbocycles. The van der Waals surface area contributed by atoms with Gasteiger partial charge in [-0.25, -0.2) is 4.98 Å². The molecule has 0 fully saturated rings. The van der Waals surface area contributed by atoms with Gasteiger partial charge in [0.2, 0.25) is 0 Å². The highest BCUT2D eigenvalue weighted by Crippen LogP contribution is 2.27. The summed E-state index contributed by atoms with van der Waals surface area (Å²) in [4.78, 5) is 4.35. The van der Waals surface area contributed by atoms with Crippen molar-refractivity contribution in [3.8, 4) is 11.3 Å². The number of imidazole rings is 1. The molecule has 0 amide bonds. The maximum Gasteiger partial charge on any atom is 0.137 e. The van der Waals surface area contributed by atoms with Crippen molar-refractivity contribution in [1.82, 2.24) is 14.7 Å². The lowest BCUT2D eigenvalue weighted by Gasteiger charge is -2.13. The SMILES string of the molecule is CCCNCc1ccc(Cl)cc1-c1cccc2nccn12. The Hall–Kier alpha value is -1.84. The number of aromatic nitrogens is 2. The average Bonchev–Trinajstić information content (AvgIpc) is 2.97. The van der Waals surface area contributed by atoms with Crippen molar-refractivity contribution < 1.29 is 0 Å². The molecular weight excluding hydrogens is 282 g/mol. The van der Waals surface area contributed by atoms with Crippen LogP contribution in [0.1, 0.15) is 18.9 Å². The van der Waals surface area contributed by atoms with E-state index in [2.05, 4.69) is 33.8 Å². The van der Waals surface area contributed by atoms with E-state index in [1.165, 1.54) is 5.56 Å². The summed E-state index contributed by atoms with van der Waals surface area (Å²) < 4.78 is 2.09. The van der Waals surface area contributed by atoms with E-state index in [1.807, 2.05) is 36.7 Å². The number of nitrogens with zero attached hydrogens (tertiary/aromatic N) is 2. The Bertz CT molecular complexity index is 749. The largest absolute Gasteiger partial charge is 0.313 e. The van der Waals surface area contributed by atoms with E-state index in [0.29, 0.717) is 0 Å². The first kappa shape index (κ1) is 14.1. The molecule has 0 saturated carbocycles. The molecule has 3 rings (SSSR count). The van der Waals surface area contributed by atoms with E-state index < -0.39 is 0 Å². The summed E-state index contributed by atoms with van der Waals surface area (Å²) in [6.07, 6.45) is 4.92. The van der Waals surface area contributed by atoms with E-state index in [9.17, 15) is 0 Å². The molecule has 2 heterocycles. The summed E-state index contributed by atoms with van der Waals surface area (Å²) in [5, 5.41) is 4.21. The first-order chi connectivity index (χ1) is 10.3. The molecular formula is C17H18ClN3. The van der Waals surface area contributed by atoms with E-state index in [4.69, 9.17) is 11.6 Å². The molecule has 0 unspecified atom stereocenters. The summed E-state index contributed by atoms with van der Waals surface area (Å²) in [6, 6.07) is 12.2. The van der Waals surface area contributed by atoms with Crippen molar-refractivity contribution >= 4 is 17.2 Å². The fourth-order valence-corrected chi connectivity index (χ4v) is 2.68. The van der Waals surface area contributed by atoms with Crippen LogP contribution < -0.4 is 5.32 Å². The molecule has 1 N–H and O–H groups in total. The Morgan fingerprint density at radius 1 is 1.24 bits per heavy atom. The summed E-state index contributed by atoms with van der Waals surface area (Å²) in [5.74, 6) is 0. The molecule has 0 spiro atoms. The first-order valence-electron chi connectivity index (χ1n) is 7.21. The van der Waals surface area contributed by atoms with Crippen LogP contribution in [0.15, 0.2) is 48.8 Å². The number of pyridine rings is 1. The molecule has 108 valence electrons. The van der Waals surface area contributed by atoms with E-state index in [-0.39, 0.29) is 0 Å². The molecule has 0 aliphatic rings. The first-order valence-corrected chi connectivity index (χ1v) is 7.59. The molecule has 0 aliphatic heterocycles. The van der Waals surface area contributed by atoms with Crippen molar-refractivity contribution in [1.29, 1.82) is 0 Å². The molecule has 3 aromatic rings. The van der Waals surface area contributed by atoms with Gasteiger partial charge in [0.25, 0.3) is 0 Å². The lowest BCUT2D eigenvalue weighted by molar-refractivity contribution is 0.676. The minimum atomic E-state index is 0.751. The van der Waals surface area contributed by atoms with Crippen molar-refractivity contribution in [3.63, 3.8) is 0 Å². The number of fused-ring (bicyclic) bond motifs is 1. The Balaban J connectivity index is 2.07. The van der Waals surface area contributed by atoms with Crippen LogP contribution in [0.4, 0.5) is 0 Å². The fraction of sp³-hybridized carbons (Fsp3) is 0.235. The maximum atomic E-state index is 6.21. The monoisotopic (exact) mass is 299 g/mol. The smallest absolute Gasteiger partial charge is 0.137 e. The van der Waals surface area contributed by atoms with Gasteiger partial charge in [-0.05, 0) is 42.8 Å². The van der Waals surface area contributed by atoms with Crippen molar-refractivity contribution in [2.45, 2.75) is 19.9 Å². The summed E-state index contributed by atoms with van der Waals surface area (Å²) >= 11 is 6.21. The highest BCUT2D eigenvalue weighted by atomic mass is 35.5. The standard InChI is InChI=1S/C17H18ClN3/c1-2-8-19-12-13-6-7-14(18)11-15(13)16-4-3-5-17-20-9-10-21(16)17/h3-7,9-11,19H,2,8,12H2,1H3. The van der Waals surface area contributed by atoms with Gasteiger partial charge in [-0.2, -0.15) is 0 Å². The van der Waals surface area contributed by atoms with Crippen LogP contribution in [0.5, 0.6) is 0 Å². The third kappa shape index (κ3) is 2.94. The zero-order valence-electron chi connectivity index (χ0n) is 12.0. The summed E-state index contributed by atoms with van der Waals surface area (Å²) in [7, 11) is 0. The van der Waals surface area contributed by atoms with Crippen LogP contribution >= 0.6 is 11.6 Å². The van der Waals surface area contributed by atoms with Crippen LogP contribution in [0.2, 0.25) is 5.02 Å². The Morgan fingerprint density at radius 3 is 3.00 bits per heavy atom. The lowest BCUT2D eigenvalue weighted by Crippen LogP contribution is -2.14. The van der Waals surface area contributed by atoms with Crippen molar-refractivity contribution in [2.24, 2.45) is 0 Å². The highest BCUT2D eigenvalue weighted by molar-refractivity contribution is 6.30. The lowest BCUT2D eigenvalue weighted by atomic mass is 10.0. The molecule has 0 atom stereocenters. The zero-order valence-corrected chi connectivity index (χ0v) is 12.8. The molecule has 0 bridgehead atoms. The highest BCUT2D eigenvalue weighted by Gasteiger charge is 2.09. The molecule has 4 heteroatoms. The number of benzene rings is 1. The second-order valence-electron chi connectivity index (χ2n) is 5.04. The Labute approximate surface area is 129 Å². The number of nitrogens with one attached hydrogen (secondary N) is 1. The molecule has 0 saturated heterocycles. The molecule has 3 nitrogen and oxygen atoms in total. The second kappa shape index (κ2) is 6.29. The van der Waals surface area contributed by atoms with Gasteiger partial charge in [-0.3, -0.25) is 4.40 Å². The maximum absolute atomic E-state index is 6.21. The van der Waals surface area contributed by atoms with E-state index in [0.717, 1.165) is 41.4 Å². The van der Waals surface area contributed by atoms with Crippen LogP contribution in [0.3, 0.4) is 0 Å².